The van der Waals surface area contributed by atoms with Gasteiger partial charge in [0.1, 0.15) is 5.78 Å². The van der Waals surface area contributed by atoms with Gasteiger partial charge in [0, 0.05) is 5.92 Å². The van der Waals surface area contributed by atoms with Crippen molar-refractivity contribution < 1.29 is 9.90 Å². The predicted octanol–water partition coefficient (Wildman–Crippen LogP) is 2.15. The maximum absolute atomic E-state index is 11.1. The van der Waals surface area contributed by atoms with Gasteiger partial charge in [0.25, 0.3) is 0 Å². The zero-order valence-electron chi connectivity index (χ0n) is 8.84. The van der Waals surface area contributed by atoms with Crippen molar-refractivity contribution in [2.75, 3.05) is 0 Å². The van der Waals surface area contributed by atoms with Gasteiger partial charge in [0.05, 0.1) is 5.60 Å². The molecule has 2 nitrogen and oxygen atoms in total. The van der Waals surface area contributed by atoms with Crippen molar-refractivity contribution in [3.05, 3.63) is 0 Å². The van der Waals surface area contributed by atoms with Gasteiger partial charge >= 0.3 is 0 Å². The van der Waals surface area contributed by atoms with E-state index in [1.165, 1.54) is 0 Å². The maximum Gasteiger partial charge on any atom is 0.132 e. The third-order valence-corrected chi connectivity index (χ3v) is 3.50. The van der Waals surface area contributed by atoms with Crippen LogP contribution < -0.4 is 0 Å². The first-order valence-electron chi connectivity index (χ1n) is 5.18. The summed E-state index contributed by atoms with van der Waals surface area (Å²) in [5.74, 6) is 0.797. The number of hydrogen-bond acceptors (Lipinski definition) is 2. The summed E-state index contributed by atoms with van der Waals surface area (Å²) >= 11 is 0. The van der Waals surface area contributed by atoms with Crippen LogP contribution >= 0.6 is 0 Å². The summed E-state index contributed by atoms with van der Waals surface area (Å²) in [4.78, 5) is 11.1. The molecule has 0 aliphatic heterocycles. The summed E-state index contributed by atoms with van der Waals surface area (Å²) in [5, 5.41) is 10.1. The van der Waals surface area contributed by atoms with Gasteiger partial charge in [0.2, 0.25) is 0 Å². The van der Waals surface area contributed by atoms with Gasteiger partial charge in [-0.3, -0.25) is 4.79 Å². The van der Waals surface area contributed by atoms with Crippen LogP contribution in [0.4, 0.5) is 0 Å². The van der Waals surface area contributed by atoms with Gasteiger partial charge in [-0.1, -0.05) is 13.8 Å². The van der Waals surface area contributed by atoms with Crippen molar-refractivity contribution in [3.8, 4) is 0 Å². The molecular formula is C11H20O2. The molecule has 1 aliphatic rings. The standard InChI is InChI=1S/C11H20O2/c1-8(2)11(13)6-4-10(5-7-11)9(3)12/h8,10,13H,4-7H2,1-3H3. The van der Waals surface area contributed by atoms with E-state index >= 15 is 0 Å². The number of carbonyl (C=O) groups excluding carboxylic acids is 1. The second-order valence-corrected chi connectivity index (χ2v) is 4.64. The minimum absolute atomic E-state index is 0.207. The molecule has 0 atom stereocenters. The van der Waals surface area contributed by atoms with Gasteiger partial charge in [-0.05, 0) is 38.5 Å². The van der Waals surface area contributed by atoms with Crippen molar-refractivity contribution in [3.63, 3.8) is 0 Å². The smallest absolute Gasteiger partial charge is 0.132 e. The summed E-state index contributed by atoms with van der Waals surface area (Å²) in [6.07, 6.45) is 3.30. The van der Waals surface area contributed by atoms with Crippen LogP contribution in [-0.4, -0.2) is 16.5 Å². The molecule has 0 radical (unpaired) electrons. The highest BCUT2D eigenvalue weighted by atomic mass is 16.3. The Balaban J connectivity index is 2.51. The van der Waals surface area contributed by atoms with E-state index in [9.17, 15) is 9.90 Å². The summed E-state index contributed by atoms with van der Waals surface area (Å²) in [5.41, 5.74) is -0.508. The van der Waals surface area contributed by atoms with Crippen molar-refractivity contribution in [1.82, 2.24) is 0 Å². The molecule has 0 heterocycles. The minimum Gasteiger partial charge on any atom is -0.390 e. The number of aliphatic hydroxyl groups is 1. The van der Waals surface area contributed by atoms with Gasteiger partial charge < -0.3 is 5.11 Å². The Morgan fingerprint density at radius 3 is 2.15 bits per heavy atom. The molecule has 1 fully saturated rings. The lowest BCUT2D eigenvalue weighted by molar-refractivity contribution is -0.124. The fraction of sp³-hybridized carbons (Fsp3) is 0.909. The van der Waals surface area contributed by atoms with Gasteiger partial charge in [-0.2, -0.15) is 0 Å². The van der Waals surface area contributed by atoms with E-state index in [0.717, 1.165) is 25.7 Å². The first kappa shape index (κ1) is 10.7. The molecule has 0 amide bonds. The monoisotopic (exact) mass is 184 g/mol. The van der Waals surface area contributed by atoms with Crippen LogP contribution in [0.5, 0.6) is 0 Å². The molecule has 1 aliphatic carbocycles. The molecule has 13 heavy (non-hydrogen) atoms. The number of hydrogen-bond donors (Lipinski definition) is 1. The van der Waals surface area contributed by atoms with E-state index in [0.29, 0.717) is 5.92 Å². The molecule has 1 N–H and O–H groups in total. The summed E-state index contributed by atoms with van der Waals surface area (Å²) in [6, 6.07) is 0. The Hall–Kier alpha value is -0.370. The molecule has 76 valence electrons. The molecule has 2 heteroatoms. The van der Waals surface area contributed by atoms with Crippen molar-refractivity contribution in [2.45, 2.75) is 52.1 Å². The molecule has 0 aromatic carbocycles. The summed E-state index contributed by atoms with van der Waals surface area (Å²) in [6.45, 7) is 5.76. The summed E-state index contributed by atoms with van der Waals surface area (Å²) in [7, 11) is 0. The predicted molar refractivity (Wildman–Crippen MR) is 52.4 cm³/mol. The van der Waals surface area contributed by atoms with E-state index < -0.39 is 5.60 Å². The first-order chi connectivity index (χ1) is 5.96. The second-order valence-electron chi connectivity index (χ2n) is 4.64. The molecular weight excluding hydrogens is 164 g/mol. The van der Waals surface area contributed by atoms with Crippen LogP contribution in [0.1, 0.15) is 46.5 Å². The van der Waals surface area contributed by atoms with Crippen LogP contribution in [0.2, 0.25) is 0 Å². The van der Waals surface area contributed by atoms with Crippen LogP contribution in [0.3, 0.4) is 0 Å². The second kappa shape index (κ2) is 3.79. The largest absolute Gasteiger partial charge is 0.390 e. The molecule has 0 bridgehead atoms. The minimum atomic E-state index is -0.508. The Bertz CT molecular complexity index is 188. The Labute approximate surface area is 80.3 Å². The van der Waals surface area contributed by atoms with Crippen LogP contribution in [0.15, 0.2) is 0 Å². The topological polar surface area (TPSA) is 37.3 Å². The normalized spacial score (nSPS) is 35.0. The van der Waals surface area contributed by atoms with Crippen molar-refractivity contribution in [2.24, 2.45) is 11.8 Å². The molecule has 1 saturated carbocycles. The lowest BCUT2D eigenvalue weighted by Gasteiger charge is -2.38. The van der Waals surface area contributed by atoms with Crippen molar-refractivity contribution >= 4 is 5.78 Å². The van der Waals surface area contributed by atoms with E-state index in [1.807, 2.05) is 13.8 Å². The molecule has 0 aromatic rings. The Morgan fingerprint density at radius 1 is 1.38 bits per heavy atom. The molecule has 0 saturated heterocycles. The molecule has 0 unspecified atom stereocenters. The average Bonchev–Trinajstić information content (AvgIpc) is 2.04. The number of carbonyl (C=O) groups is 1. The number of ketones is 1. The van der Waals surface area contributed by atoms with E-state index in [-0.39, 0.29) is 11.7 Å². The van der Waals surface area contributed by atoms with Gasteiger partial charge in [-0.15, -0.1) is 0 Å². The maximum atomic E-state index is 11.1. The number of Topliss-reactive ketones (excluding diaryl/α,β-unsaturated/α-hetero) is 1. The highest BCUT2D eigenvalue weighted by molar-refractivity contribution is 5.78. The van der Waals surface area contributed by atoms with E-state index in [4.69, 9.17) is 0 Å². The zero-order chi connectivity index (χ0) is 10.1. The van der Waals surface area contributed by atoms with E-state index in [2.05, 4.69) is 0 Å². The highest BCUT2D eigenvalue weighted by Crippen LogP contribution is 2.37. The quantitative estimate of drug-likeness (QED) is 0.714. The van der Waals surface area contributed by atoms with Crippen LogP contribution in [0, 0.1) is 11.8 Å². The Kier molecular flexibility index (Phi) is 3.12. The van der Waals surface area contributed by atoms with Gasteiger partial charge in [-0.25, -0.2) is 0 Å². The fourth-order valence-electron chi connectivity index (χ4n) is 2.10. The Morgan fingerprint density at radius 2 is 1.85 bits per heavy atom. The molecule has 0 spiro atoms. The summed E-state index contributed by atoms with van der Waals surface area (Å²) < 4.78 is 0. The van der Waals surface area contributed by atoms with Gasteiger partial charge in [0.15, 0.2) is 0 Å². The SMILES string of the molecule is CC(=O)C1CCC(O)(C(C)C)CC1. The first-order valence-corrected chi connectivity index (χ1v) is 5.18. The lowest BCUT2D eigenvalue weighted by Crippen LogP contribution is -2.40. The number of rotatable bonds is 2. The average molecular weight is 184 g/mol. The highest BCUT2D eigenvalue weighted by Gasteiger charge is 2.36. The van der Waals surface area contributed by atoms with Crippen LogP contribution in [0.25, 0.3) is 0 Å². The molecule has 0 aromatic heterocycles. The zero-order valence-corrected chi connectivity index (χ0v) is 8.84. The fourth-order valence-corrected chi connectivity index (χ4v) is 2.10. The van der Waals surface area contributed by atoms with E-state index in [1.54, 1.807) is 6.92 Å². The van der Waals surface area contributed by atoms with Crippen molar-refractivity contribution in [1.29, 1.82) is 0 Å². The third kappa shape index (κ3) is 2.31. The third-order valence-electron chi connectivity index (χ3n) is 3.50. The lowest BCUT2D eigenvalue weighted by atomic mass is 9.72. The van der Waals surface area contributed by atoms with Crippen LogP contribution in [-0.2, 0) is 4.79 Å². The molecule has 1 rings (SSSR count).